The molecule has 33 heavy (non-hydrogen) atoms. The zero-order valence-electron chi connectivity index (χ0n) is 19.2. The number of pyridine rings is 1. The van der Waals surface area contributed by atoms with E-state index in [1.165, 1.54) is 49.4 Å². The normalized spacial score (nSPS) is 17.6. The van der Waals surface area contributed by atoms with Crippen LogP contribution in [0.2, 0.25) is 0 Å². The van der Waals surface area contributed by atoms with E-state index < -0.39 is 0 Å². The molecule has 176 valence electrons. The molecule has 1 aromatic heterocycles. The van der Waals surface area contributed by atoms with Gasteiger partial charge in [-0.15, -0.1) is 11.8 Å². The van der Waals surface area contributed by atoms with Gasteiger partial charge in [-0.2, -0.15) is 0 Å². The molecule has 0 unspecified atom stereocenters. The third kappa shape index (κ3) is 7.05. The predicted octanol–water partition coefficient (Wildman–Crippen LogP) is 3.83. The van der Waals surface area contributed by atoms with Crippen LogP contribution in [-0.2, 0) is 11.3 Å². The SMILES string of the molecule is O=C(CSc1ccccc1C(=O)N1CCN(Cc2cccnc2)CC1)NCC1CCCCC1. The number of benzene rings is 1. The van der Waals surface area contributed by atoms with Crippen molar-refractivity contribution in [3.05, 3.63) is 59.9 Å². The van der Waals surface area contributed by atoms with Crippen LogP contribution in [0.5, 0.6) is 0 Å². The molecule has 2 fully saturated rings. The summed E-state index contributed by atoms with van der Waals surface area (Å²) in [4.78, 5) is 35.0. The van der Waals surface area contributed by atoms with Gasteiger partial charge in [-0.25, -0.2) is 0 Å². The number of rotatable bonds is 8. The smallest absolute Gasteiger partial charge is 0.255 e. The Hall–Kier alpha value is -2.38. The zero-order chi connectivity index (χ0) is 22.9. The van der Waals surface area contributed by atoms with Gasteiger partial charge in [-0.1, -0.05) is 37.5 Å². The molecule has 0 bridgehead atoms. The van der Waals surface area contributed by atoms with Gasteiger partial charge in [0.05, 0.1) is 11.3 Å². The maximum Gasteiger partial charge on any atom is 0.255 e. The summed E-state index contributed by atoms with van der Waals surface area (Å²) >= 11 is 1.46. The molecule has 2 aliphatic rings. The molecule has 6 nitrogen and oxygen atoms in total. The number of aromatic nitrogens is 1. The van der Waals surface area contributed by atoms with Gasteiger partial charge in [-0.3, -0.25) is 19.5 Å². The molecular formula is C26H34N4O2S. The largest absolute Gasteiger partial charge is 0.355 e. The lowest BCUT2D eigenvalue weighted by Crippen LogP contribution is -2.48. The van der Waals surface area contributed by atoms with E-state index in [1.807, 2.05) is 41.4 Å². The average molecular weight is 467 g/mol. The van der Waals surface area contributed by atoms with Gasteiger partial charge in [0.15, 0.2) is 0 Å². The molecule has 1 aliphatic heterocycles. The molecular weight excluding hydrogens is 432 g/mol. The molecule has 2 amide bonds. The predicted molar refractivity (Wildman–Crippen MR) is 132 cm³/mol. The fraction of sp³-hybridized carbons (Fsp3) is 0.500. The summed E-state index contributed by atoms with van der Waals surface area (Å²) in [6, 6.07) is 11.7. The lowest BCUT2D eigenvalue weighted by atomic mass is 9.89. The summed E-state index contributed by atoms with van der Waals surface area (Å²) in [7, 11) is 0. The highest BCUT2D eigenvalue weighted by molar-refractivity contribution is 8.00. The number of hydrogen-bond donors (Lipinski definition) is 1. The monoisotopic (exact) mass is 466 g/mol. The van der Waals surface area contributed by atoms with Crippen molar-refractivity contribution in [1.82, 2.24) is 20.1 Å². The van der Waals surface area contributed by atoms with E-state index in [4.69, 9.17) is 0 Å². The summed E-state index contributed by atoms with van der Waals surface area (Å²) in [5, 5.41) is 3.09. The van der Waals surface area contributed by atoms with Gasteiger partial charge in [0.25, 0.3) is 5.91 Å². The van der Waals surface area contributed by atoms with E-state index in [2.05, 4.69) is 21.3 Å². The number of hydrogen-bond acceptors (Lipinski definition) is 5. The molecule has 1 saturated carbocycles. The Morgan fingerprint density at radius 1 is 1.00 bits per heavy atom. The first-order chi connectivity index (χ1) is 16.2. The summed E-state index contributed by atoms with van der Waals surface area (Å²) in [5.74, 6) is 1.08. The van der Waals surface area contributed by atoms with Crippen LogP contribution in [0.1, 0.15) is 48.0 Å². The molecule has 0 spiro atoms. The lowest BCUT2D eigenvalue weighted by molar-refractivity contribution is -0.118. The highest BCUT2D eigenvalue weighted by atomic mass is 32.2. The molecule has 0 atom stereocenters. The van der Waals surface area contributed by atoms with Crippen molar-refractivity contribution in [2.45, 2.75) is 43.5 Å². The molecule has 1 aliphatic carbocycles. The van der Waals surface area contributed by atoms with Gasteiger partial charge >= 0.3 is 0 Å². The third-order valence-corrected chi connectivity index (χ3v) is 7.65. The number of thioether (sulfide) groups is 1. The number of nitrogens with one attached hydrogen (secondary N) is 1. The van der Waals surface area contributed by atoms with Crippen molar-refractivity contribution in [1.29, 1.82) is 0 Å². The van der Waals surface area contributed by atoms with E-state index in [0.29, 0.717) is 30.3 Å². The molecule has 2 heterocycles. The minimum atomic E-state index is 0.0526. The molecule has 4 rings (SSSR count). The Morgan fingerprint density at radius 3 is 2.55 bits per heavy atom. The van der Waals surface area contributed by atoms with Crippen LogP contribution in [0.15, 0.2) is 53.7 Å². The highest BCUT2D eigenvalue weighted by Gasteiger charge is 2.24. The van der Waals surface area contributed by atoms with Crippen LogP contribution in [-0.4, -0.2) is 65.1 Å². The van der Waals surface area contributed by atoms with Gasteiger partial charge in [0.1, 0.15) is 0 Å². The minimum absolute atomic E-state index is 0.0526. The Labute approximate surface area is 201 Å². The first-order valence-electron chi connectivity index (χ1n) is 12.1. The van der Waals surface area contributed by atoms with Crippen molar-refractivity contribution in [2.24, 2.45) is 5.92 Å². The number of carbonyl (C=O) groups is 2. The van der Waals surface area contributed by atoms with Crippen LogP contribution >= 0.6 is 11.8 Å². The second-order valence-electron chi connectivity index (χ2n) is 9.02. The van der Waals surface area contributed by atoms with Gasteiger partial charge in [0, 0.05) is 56.6 Å². The number of amides is 2. The van der Waals surface area contributed by atoms with Crippen LogP contribution in [0.25, 0.3) is 0 Å². The van der Waals surface area contributed by atoms with E-state index >= 15 is 0 Å². The van der Waals surface area contributed by atoms with Crippen molar-refractivity contribution in [3.63, 3.8) is 0 Å². The molecule has 1 aromatic carbocycles. The zero-order valence-corrected chi connectivity index (χ0v) is 20.1. The van der Waals surface area contributed by atoms with Gasteiger partial charge in [-0.05, 0) is 42.5 Å². The van der Waals surface area contributed by atoms with Crippen LogP contribution in [0.3, 0.4) is 0 Å². The second-order valence-corrected chi connectivity index (χ2v) is 10.0. The fourth-order valence-corrected chi connectivity index (χ4v) is 5.52. The maximum absolute atomic E-state index is 13.2. The lowest BCUT2D eigenvalue weighted by Gasteiger charge is -2.35. The van der Waals surface area contributed by atoms with Crippen LogP contribution in [0.4, 0.5) is 0 Å². The van der Waals surface area contributed by atoms with Crippen molar-refractivity contribution < 1.29 is 9.59 Å². The Kier molecular flexibility index (Phi) is 8.78. The Bertz CT molecular complexity index is 910. The third-order valence-electron chi connectivity index (χ3n) is 6.58. The molecule has 7 heteroatoms. The first-order valence-corrected chi connectivity index (χ1v) is 13.1. The topological polar surface area (TPSA) is 65.5 Å². The number of piperazine rings is 1. The molecule has 0 radical (unpaired) electrons. The fourth-order valence-electron chi connectivity index (χ4n) is 4.64. The van der Waals surface area contributed by atoms with E-state index in [-0.39, 0.29) is 11.8 Å². The van der Waals surface area contributed by atoms with Crippen LogP contribution in [0, 0.1) is 5.92 Å². The minimum Gasteiger partial charge on any atom is -0.355 e. The summed E-state index contributed by atoms with van der Waals surface area (Å²) in [6.45, 7) is 4.75. The Morgan fingerprint density at radius 2 is 1.79 bits per heavy atom. The molecule has 2 aromatic rings. The molecule has 1 saturated heterocycles. The first kappa shape index (κ1) is 23.8. The van der Waals surface area contributed by atoms with E-state index in [0.717, 1.165) is 31.1 Å². The van der Waals surface area contributed by atoms with Crippen molar-refractivity contribution >= 4 is 23.6 Å². The maximum atomic E-state index is 13.2. The van der Waals surface area contributed by atoms with E-state index in [1.54, 1.807) is 6.20 Å². The average Bonchev–Trinajstić information content (AvgIpc) is 2.88. The summed E-state index contributed by atoms with van der Waals surface area (Å²) in [6.07, 6.45) is 10.0. The van der Waals surface area contributed by atoms with Crippen molar-refractivity contribution in [3.8, 4) is 0 Å². The Balaban J connectivity index is 1.26. The summed E-state index contributed by atoms with van der Waals surface area (Å²) < 4.78 is 0. The van der Waals surface area contributed by atoms with Crippen molar-refractivity contribution in [2.75, 3.05) is 38.5 Å². The van der Waals surface area contributed by atoms with Gasteiger partial charge < -0.3 is 10.2 Å². The molecule has 1 N–H and O–H groups in total. The van der Waals surface area contributed by atoms with E-state index in [9.17, 15) is 9.59 Å². The van der Waals surface area contributed by atoms with Gasteiger partial charge in [0.2, 0.25) is 5.91 Å². The highest BCUT2D eigenvalue weighted by Crippen LogP contribution is 2.25. The summed E-state index contributed by atoms with van der Waals surface area (Å²) in [5.41, 5.74) is 1.89. The quantitative estimate of drug-likeness (QED) is 0.599. The standard InChI is InChI=1S/C26H34N4O2S/c31-25(28-18-21-7-2-1-3-8-21)20-33-24-11-5-4-10-23(24)26(32)30-15-13-29(14-16-30)19-22-9-6-12-27-17-22/h4-6,9-12,17,21H,1-3,7-8,13-16,18-20H2,(H,28,31). The van der Waals surface area contributed by atoms with Crippen LogP contribution < -0.4 is 5.32 Å². The number of carbonyl (C=O) groups excluding carboxylic acids is 2. The number of nitrogens with zero attached hydrogens (tertiary/aromatic N) is 3. The second kappa shape index (κ2) is 12.2.